The molecule has 114 valence electrons. The molecular weight excluding hydrogens is 272 g/mol. The topological polar surface area (TPSA) is 97.5 Å². The van der Waals surface area contributed by atoms with Gasteiger partial charge in [-0.3, -0.25) is 4.79 Å². The van der Waals surface area contributed by atoms with Crippen LogP contribution in [0.2, 0.25) is 0 Å². The second-order valence-corrected chi connectivity index (χ2v) is 5.43. The molecule has 1 aromatic rings. The Morgan fingerprint density at radius 1 is 1.52 bits per heavy atom. The zero-order valence-corrected chi connectivity index (χ0v) is 12.5. The van der Waals surface area contributed by atoms with Crippen molar-refractivity contribution in [3.05, 3.63) is 17.8 Å². The lowest BCUT2D eigenvalue weighted by Gasteiger charge is -2.23. The van der Waals surface area contributed by atoms with Gasteiger partial charge in [-0.1, -0.05) is 0 Å². The molecule has 0 saturated carbocycles. The second-order valence-electron chi connectivity index (χ2n) is 5.43. The van der Waals surface area contributed by atoms with Crippen molar-refractivity contribution >= 4 is 23.4 Å². The van der Waals surface area contributed by atoms with Crippen LogP contribution in [-0.2, 0) is 9.53 Å². The second kappa shape index (κ2) is 5.59. The number of nitrogens with zero attached hydrogens (tertiary/aromatic N) is 2. The summed E-state index contributed by atoms with van der Waals surface area (Å²) in [6, 6.07) is 1.61. The summed E-state index contributed by atoms with van der Waals surface area (Å²) in [5.74, 6) is 0.135. The first kappa shape index (κ1) is 15.1. The van der Waals surface area contributed by atoms with E-state index in [9.17, 15) is 9.59 Å². The number of amides is 1. The standard InChI is InChI=1S/C14H20N4O3/c1-14(13(20)16-2)4-5-18(8-14)11-6-9(12(19)21-3)10(15)7-17-11/h6-7H,4-5,8,15H2,1-3H3,(H,16,20). The molecule has 0 spiro atoms. The van der Waals surface area contributed by atoms with E-state index >= 15 is 0 Å². The molecule has 1 saturated heterocycles. The number of carbonyl (C=O) groups is 2. The summed E-state index contributed by atoms with van der Waals surface area (Å²) in [4.78, 5) is 29.8. The normalized spacial score (nSPS) is 21.2. The van der Waals surface area contributed by atoms with E-state index in [0.29, 0.717) is 18.9 Å². The molecule has 1 fully saturated rings. The lowest BCUT2D eigenvalue weighted by Crippen LogP contribution is -2.39. The number of anilines is 2. The van der Waals surface area contributed by atoms with Crippen molar-refractivity contribution in [2.24, 2.45) is 5.41 Å². The number of pyridine rings is 1. The largest absolute Gasteiger partial charge is 0.465 e. The Morgan fingerprint density at radius 2 is 2.24 bits per heavy atom. The molecule has 7 nitrogen and oxygen atoms in total. The van der Waals surface area contributed by atoms with E-state index in [0.717, 1.165) is 6.42 Å². The predicted molar refractivity (Wildman–Crippen MR) is 79.0 cm³/mol. The molecule has 7 heteroatoms. The summed E-state index contributed by atoms with van der Waals surface area (Å²) in [6.45, 7) is 3.16. The van der Waals surface area contributed by atoms with Gasteiger partial charge in [0.15, 0.2) is 0 Å². The van der Waals surface area contributed by atoms with Gasteiger partial charge in [-0.15, -0.1) is 0 Å². The minimum atomic E-state index is -0.496. The van der Waals surface area contributed by atoms with Gasteiger partial charge < -0.3 is 20.7 Å². The van der Waals surface area contributed by atoms with E-state index < -0.39 is 11.4 Å². The summed E-state index contributed by atoms with van der Waals surface area (Å²) >= 11 is 0. The molecule has 0 aromatic carbocycles. The van der Waals surface area contributed by atoms with Gasteiger partial charge in [0, 0.05) is 20.1 Å². The Balaban J connectivity index is 2.25. The third kappa shape index (κ3) is 2.76. The van der Waals surface area contributed by atoms with Crippen molar-refractivity contribution in [1.29, 1.82) is 0 Å². The third-order valence-electron chi connectivity index (χ3n) is 3.90. The lowest BCUT2D eigenvalue weighted by atomic mass is 9.89. The van der Waals surface area contributed by atoms with Crippen LogP contribution >= 0.6 is 0 Å². The molecule has 0 radical (unpaired) electrons. The summed E-state index contributed by atoms with van der Waals surface area (Å²) in [5, 5.41) is 2.69. The van der Waals surface area contributed by atoms with Gasteiger partial charge in [0.2, 0.25) is 5.91 Å². The number of nitrogen functional groups attached to an aromatic ring is 1. The van der Waals surface area contributed by atoms with Gasteiger partial charge in [-0.25, -0.2) is 9.78 Å². The smallest absolute Gasteiger partial charge is 0.340 e. The van der Waals surface area contributed by atoms with E-state index in [1.165, 1.54) is 13.3 Å². The highest BCUT2D eigenvalue weighted by molar-refractivity contribution is 5.95. The third-order valence-corrected chi connectivity index (χ3v) is 3.90. The van der Waals surface area contributed by atoms with E-state index in [2.05, 4.69) is 10.3 Å². The van der Waals surface area contributed by atoms with Crippen molar-refractivity contribution in [3.63, 3.8) is 0 Å². The monoisotopic (exact) mass is 292 g/mol. The van der Waals surface area contributed by atoms with Gasteiger partial charge in [0.05, 0.1) is 30.0 Å². The van der Waals surface area contributed by atoms with Crippen LogP contribution in [0.15, 0.2) is 12.3 Å². The zero-order valence-electron chi connectivity index (χ0n) is 12.5. The number of esters is 1. The molecule has 2 heterocycles. The summed E-state index contributed by atoms with van der Waals surface area (Å²) in [7, 11) is 2.94. The van der Waals surface area contributed by atoms with Crippen molar-refractivity contribution in [1.82, 2.24) is 10.3 Å². The van der Waals surface area contributed by atoms with Crippen LogP contribution in [0.3, 0.4) is 0 Å². The van der Waals surface area contributed by atoms with E-state index in [1.807, 2.05) is 11.8 Å². The number of methoxy groups -OCH3 is 1. The Bertz CT molecular complexity index is 575. The minimum absolute atomic E-state index is 0.00800. The van der Waals surface area contributed by atoms with Gasteiger partial charge >= 0.3 is 5.97 Å². The van der Waals surface area contributed by atoms with Crippen molar-refractivity contribution in [2.75, 3.05) is 37.9 Å². The number of nitrogens with one attached hydrogen (secondary N) is 1. The van der Waals surface area contributed by atoms with Crippen LogP contribution in [0.5, 0.6) is 0 Å². The molecule has 21 heavy (non-hydrogen) atoms. The highest BCUT2D eigenvalue weighted by Gasteiger charge is 2.40. The zero-order chi connectivity index (χ0) is 15.6. The molecule has 1 unspecified atom stereocenters. The van der Waals surface area contributed by atoms with Gasteiger partial charge in [0.25, 0.3) is 0 Å². The van der Waals surface area contributed by atoms with Gasteiger partial charge in [0.1, 0.15) is 5.82 Å². The van der Waals surface area contributed by atoms with Crippen LogP contribution in [0.25, 0.3) is 0 Å². The summed E-state index contributed by atoms with van der Waals surface area (Å²) in [5.41, 5.74) is 5.85. The molecule has 0 aliphatic carbocycles. The predicted octanol–water partition coefficient (Wildman–Crippen LogP) is 0.413. The van der Waals surface area contributed by atoms with Gasteiger partial charge in [-0.2, -0.15) is 0 Å². The highest BCUT2D eigenvalue weighted by Crippen LogP contribution is 2.33. The molecule has 1 amide bonds. The number of aromatic nitrogens is 1. The fourth-order valence-electron chi connectivity index (χ4n) is 2.56. The van der Waals surface area contributed by atoms with Crippen molar-refractivity contribution in [2.45, 2.75) is 13.3 Å². The Hall–Kier alpha value is -2.31. The highest BCUT2D eigenvalue weighted by atomic mass is 16.5. The van der Waals surface area contributed by atoms with Gasteiger partial charge in [-0.05, 0) is 19.4 Å². The Labute approximate surface area is 123 Å². The van der Waals surface area contributed by atoms with Crippen LogP contribution in [-0.4, -0.2) is 44.1 Å². The number of nitrogens with two attached hydrogens (primary N) is 1. The number of ether oxygens (including phenoxy) is 1. The summed E-state index contributed by atoms with van der Waals surface area (Å²) in [6.07, 6.45) is 2.17. The Kier molecular flexibility index (Phi) is 4.02. The molecule has 2 rings (SSSR count). The quantitative estimate of drug-likeness (QED) is 0.783. The number of hydrogen-bond donors (Lipinski definition) is 2. The first-order chi connectivity index (χ1) is 9.91. The fraction of sp³-hybridized carbons (Fsp3) is 0.500. The average molecular weight is 292 g/mol. The molecule has 1 atom stereocenters. The first-order valence-corrected chi connectivity index (χ1v) is 6.72. The SMILES string of the molecule is CNC(=O)C1(C)CCN(c2cc(C(=O)OC)c(N)cn2)C1. The molecular formula is C14H20N4O3. The van der Waals surface area contributed by atoms with Crippen molar-refractivity contribution < 1.29 is 14.3 Å². The maximum Gasteiger partial charge on any atom is 0.340 e. The number of carbonyl (C=O) groups excluding carboxylic acids is 2. The molecule has 0 bridgehead atoms. The molecule has 1 aliphatic rings. The maximum absolute atomic E-state index is 11.9. The van der Waals surface area contributed by atoms with E-state index in [-0.39, 0.29) is 17.2 Å². The summed E-state index contributed by atoms with van der Waals surface area (Å²) < 4.78 is 4.70. The van der Waals surface area contributed by atoms with E-state index in [4.69, 9.17) is 10.5 Å². The molecule has 1 aromatic heterocycles. The molecule has 3 N–H and O–H groups in total. The number of rotatable bonds is 3. The van der Waals surface area contributed by atoms with Crippen LogP contribution < -0.4 is 16.0 Å². The Morgan fingerprint density at radius 3 is 2.86 bits per heavy atom. The van der Waals surface area contributed by atoms with Crippen LogP contribution in [0, 0.1) is 5.41 Å². The van der Waals surface area contributed by atoms with E-state index in [1.54, 1.807) is 13.1 Å². The van der Waals surface area contributed by atoms with Crippen LogP contribution in [0.4, 0.5) is 11.5 Å². The van der Waals surface area contributed by atoms with Crippen molar-refractivity contribution in [3.8, 4) is 0 Å². The molecule has 1 aliphatic heterocycles. The maximum atomic E-state index is 11.9. The first-order valence-electron chi connectivity index (χ1n) is 6.72. The fourth-order valence-corrected chi connectivity index (χ4v) is 2.56. The average Bonchev–Trinajstić information content (AvgIpc) is 2.89. The minimum Gasteiger partial charge on any atom is -0.465 e. The lowest BCUT2D eigenvalue weighted by molar-refractivity contribution is -0.128. The van der Waals surface area contributed by atoms with Crippen LogP contribution in [0.1, 0.15) is 23.7 Å². The number of hydrogen-bond acceptors (Lipinski definition) is 6.